The van der Waals surface area contributed by atoms with Crippen LogP contribution in [0, 0.1) is 17.8 Å². The molecule has 0 aromatic heterocycles. The molecule has 4 nitrogen and oxygen atoms in total. The summed E-state index contributed by atoms with van der Waals surface area (Å²) < 4.78 is 5.96. The lowest BCUT2D eigenvalue weighted by Crippen LogP contribution is -2.43. The summed E-state index contributed by atoms with van der Waals surface area (Å²) in [7, 11) is 0. The van der Waals surface area contributed by atoms with Gasteiger partial charge in [-0.3, -0.25) is 4.79 Å². The maximum absolute atomic E-state index is 11.1. The van der Waals surface area contributed by atoms with Crippen molar-refractivity contribution in [3.8, 4) is 0 Å². The highest BCUT2D eigenvalue weighted by molar-refractivity contribution is 5.73. The Morgan fingerprint density at radius 1 is 1.42 bits per heavy atom. The number of carboxylic acid groups (broad SMARTS) is 1. The fourth-order valence-corrected chi connectivity index (χ4v) is 2.99. The first-order chi connectivity index (χ1) is 8.95. The molecular weight excluding hydrogens is 242 g/mol. The molecule has 0 aromatic rings. The van der Waals surface area contributed by atoms with Crippen molar-refractivity contribution in [2.75, 3.05) is 13.2 Å². The molecule has 0 bridgehead atoms. The average Bonchev–Trinajstić information content (AvgIpc) is 2.33. The van der Waals surface area contributed by atoms with Crippen LogP contribution in [0.3, 0.4) is 0 Å². The number of carboxylic acids is 1. The number of ether oxygens (including phenoxy) is 1. The third-order valence-corrected chi connectivity index (χ3v) is 4.19. The van der Waals surface area contributed by atoms with Gasteiger partial charge in [-0.1, -0.05) is 34.1 Å². The van der Waals surface area contributed by atoms with Crippen LogP contribution < -0.4 is 5.32 Å². The van der Waals surface area contributed by atoms with Crippen molar-refractivity contribution in [2.24, 2.45) is 17.8 Å². The van der Waals surface area contributed by atoms with Crippen molar-refractivity contribution in [1.82, 2.24) is 5.32 Å². The van der Waals surface area contributed by atoms with Crippen molar-refractivity contribution in [2.45, 2.75) is 59.1 Å². The molecule has 0 amide bonds. The van der Waals surface area contributed by atoms with Crippen molar-refractivity contribution in [3.63, 3.8) is 0 Å². The molecule has 1 aliphatic carbocycles. The maximum atomic E-state index is 11.1. The highest BCUT2D eigenvalue weighted by Crippen LogP contribution is 2.35. The van der Waals surface area contributed by atoms with Gasteiger partial charge in [-0.15, -0.1) is 0 Å². The molecule has 0 aromatic carbocycles. The molecule has 0 radical (unpaired) electrons. The van der Waals surface area contributed by atoms with E-state index in [9.17, 15) is 4.79 Å². The van der Waals surface area contributed by atoms with E-state index in [1.807, 2.05) is 6.92 Å². The second-order valence-corrected chi connectivity index (χ2v) is 6.15. The summed E-state index contributed by atoms with van der Waals surface area (Å²) in [6.07, 6.45) is 3.73. The monoisotopic (exact) mass is 271 g/mol. The van der Waals surface area contributed by atoms with Gasteiger partial charge < -0.3 is 15.2 Å². The molecule has 2 N–H and O–H groups in total. The number of rotatable bonds is 7. The number of aliphatic carboxylic acids is 1. The van der Waals surface area contributed by atoms with Crippen LogP contribution >= 0.6 is 0 Å². The predicted octanol–water partition coefficient (Wildman–Crippen LogP) is 2.53. The van der Waals surface area contributed by atoms with Crippen LogP contribution in [0.2, 0.25) is 0 Å². The Morgan fingerprint density at radius 3 is 2.63 bits per heavy atom. The Kier molecular flexibility index (Phi) is 6.80. The first-order valence-corrected chi connectivity index (χ1v) is 7.53. The molecule has 4 unspecified atom stereocenters. The van der Waals surface area contributed by atoms with Gasteiger partial charge >= 0.3 is 5.97 Å². The molecule has 1 aliphatic rings. The molecule has 1 rings (SSSR count). The number of likely N-dealkylation sites (N-methyl/N-ethyl adjacent to an activating group) is 1. The standard InChI is InChI=1S/C15H29NO3/c1-5-16-13(15(17)18)9-19-14-8-11(4)6-7-12(14)10(2)3/h10-14,16H,5-9H2,1-4H3,(H,17,18). The predicted molar refractivity (Wildman–Crippen MR) is 76.2 cm³/mol. The smallest absolute Gasteiger partial charge is 0.323 e. The molecule has 0 saturated heterocycles. The van der Waals surface area contributed by atoms with E-state index in [4.69, 9.17) is 9.84 Å². The Bertz CT molecular complexity index is 281. The summed E-state index contributed by atoms with van der Waals surface area (Å²) >= 11 is 0. The number of carbonyl (C=O) groups is 1. The van der Waals surface area contributed by atoms with Crippen molar-refractivity contribution in [1.29, 1.82) is 0 Å². The first-order valence-electron chi connectivity index (χ1n) is 7.53. The molecule has 1 fully saturated rings. The van der Waals surface area contributed by atoms with Gasteiger partial charge in [0.05, 0.1) is 12.7 Å². The molecule has 1 saturated carbocycles. The largest absolute Gasteiger partial charge is 0.480 e. The molecular formula is C15H29NO3. The fourth-order valence-electron chi connectivity index (χ4n) is 2.99. The van der Waals surface area contributed by atoms with Crippen LogP contribution in [0.25, 0.3) is 0 Å². The minimum absolute atomic E-state index is 0.212. The average molecular weight is 271 g/mol. The Morgan fingerprint density at radius 2 is 2.11 bits per heavy atom. The van der Waals surface area contributed by atoms with Crippen LogP contribution in [-0.2, 0) is 9.53 Å². The lowest BCUT2D eigenvalue weighted by Gasteiger charge is -2.37. The van der Waals surface area contributed by atoms with Crippen LogP contribution in [0.15, 0.2) is 0 Å². The molecule has 4 heteroatoms. The van der Waals surface area contributed by atoms with Crippen molar-refractivity contribution >= 4 is 5.97 Å². The van der Waals surface area contributed by atoms with Gasteiger partial charge in [-0.25, -0.2) is 0 Å². The maximum Gasteiger partial charge on any atom is 0.323 e. The zero-order chi connectivity index (χ0) is 14.4. The summed E-state index contributed by atoms with van der Waals surface area (Å²) in [6.45, 7) is 9.55. The Hall–Kier alpha value is -0.610. The van der Waals surface area contributed by atoms with Gasteiger partial charge in [-0.2, -0.15) is 0 Å². The van der Waals surface area contributed by atoms with E-state index < -0.39 is 12.0 Å². The van der Waals surface area contributed by atoms with Gasteiger partial charge in [-0.05, 0) is 37.1 Å². The topological polar surface area (TPSA) is 58.6 Å². The number of nitrogens with one attached hydrogen (secondary N) is 1. The van der Waals surface area contributed by atoms with Crippen LogP contribution in [-0.4, -0.2) is 36.4 Å². The van der Waals surface area contributed by atoms with E-state index in [-0.39, 0.29) is 12.7 Å². The zero-order valence-electron chi connectivity index (χ0n) is 12.7. The molecule has 0 heterocycles. The summed E-state index contributed by atoms with van der Waals surface area (Å²) in [5.74, 6) is 1.02. The quantitative estimate of drug-likeness (QED) is 0.747. The SMILES string of the molecule is CCNC(COC1CC(C)CCC1C(C)C)C(=O)O. The van der Waals surface area contributed by atoms with E-state index in [2.05, 4.69) is 26.1 Å². The van der Waals surface area contributed by atoms with Crippen molar-refractivity contribution < 1.29 is 14.6 Å². The Balaban J connectivity index is 2.53. The lowest BCUT2D eigenvalue weighted by atomic mass is 9.75. The third-order valence-electron chi connectivity index (χ3n) is 4.19. The summed E-state index contributed by atoms with van der Waals surface area (Å²) in [6, 6.07) is -0.588. The second-order valence-electron chi connectivity index (χ2n) is 6.15. The van der Waals surface area contributed by atoms with E-state index in [0.717, 1.165) is 6.42 Å². The number of hydrogen-bond acceptors (Lipinski definition) is 3. The van der Waals surface area contributed by atoms with E-state index >= 15 is 0 Å². The minimum atomic E-state index is -0.827. The first kappa shape index (κ1) is 16.4. The normalized spacial score (nSPS) is 29.4. The van der Waals surface area contributed by atoms with Gasteiger partial charge in [0.15, 0.2) is 0 Å². The van der Waals surface area contributed by atoms with Gasteiger partial charge in [0.25, 0.3) is 0 Å². The van der Waals surface area contributed by atoms with Crippen LogP contribution in [0.5, 0.6) is 0 Å². The summed E-state index contributed by atoms with van der Waals surface area (Å²) in [5.41, 5.74) is 0. The summed E-state index contributed by atoms with van der Waals surface area (Å²) in [5, 5.41) is 12.1. The number of hydrogen-bond donors (Lipinski definition) is 2. The van der Waals surface area contributed by atoms with Crippen LogP contribution in [0.4, 0.5) is 0 Å². The van der Waals surface area contributed by atoms with Crippen LogP contribution in [0.1, 0.15) is 47.0 Å². The molecule has 19 heavy (non-hydrogen) atoms. The molecule has 0 aliphatic heterocycles. The van der Waals surface area contributed by atoms with E-state index in [0.29, 0.717) is 24.3 Å². The van der Waals surface area contributed by atoms with E-state index in [1.165, 1.54) is 12.8 Å². The van der Waals surface area contributed by atoms with Gasteiger partial charge in [0.2, 0.25) is 0 Å². The molecule has 112 valence electrons. The minimum Gasteiger partial charge on any atom is -0.480 e. The fraction of sp³-hybridized carbons (Fsp3) is 0.933. The second kappa shape index (κ2) is 7.85. The Labute approximate surface area is 116 Å². The summed E-state index contributed by atoms with van der Waals surface area (Å²) in [4.78, 5) is 11.1. The third kappa shape index (κ3) is 5.11. The lowest BCUT2D eigenvalue weighted by molar-refractivity contribution is -0.143. The molecule has 4 atom stereocenters. The zero-order valence-corrected chi connectivity index (χ0v) is 12.7. The highest BCUT2D eigenvalue weighted by atomic mass is 16.5. The molecule has 0 spiro atoms. The highest BCUT2D eigenvalue weighted by Gasteiger charge is 2.32. The van der Waals surface area contributed by atoms with Crippen molar-refractivity contribution in [3.05, 3.63) is 0 Å². The van der Waals surface area contributed by atoms with Gasteiger partial charge in [0.1, 0.15) is 6.04 Å². The van der Waals surface area contributed by atoms with Gasteiger partial charge in [0, 0.05) is 0 Å². The van der Waals surface area contributed by atoms with E-state index in [1.54, 1.807) is 0 Å².